The molecule has 0 bridgehead atoms. The summed E-state index contributed by atoms with van der Waals surface area (Å²) in [7, 11) is 0. The summed E-state index contributed by atoms with van der Waals surface area (Å²) < 4.78 is 16.7. The molecule has 0 fully saturated rings. The molecule has 1 unspecified atom stereocenters. The van der Waals surface area contributed by atoms with Crippen LogP contribution in [0.25, 0.3) is 11.1 Å². The highest BCUT2D eigenvalue weighted by atomic mass is 16.5. The fourth-order valence-electron chi connectivity index (χ4n) is 2.96. The molecule has 0 saturated heterocycles. The van der Waals surface area contributed by atoms with Crippen LogP contribution in [0.2, 0.25) is 0 Å². The van der Waals surface area contributed by atoms with Gasteiger partial charge in [-0.05, 0) is 23.3 Å². The van der Waals surface area contributed by atoms with E-state index in [4.69, 9.17) is 14.2 Å². The highest BCUT2D eigenvalue weighted by molar-refractivity contribution is 5.69. The first-order valence-corrected chi connectivity index (χ1v) is 7.39. The molecular weight excluding hydrogens is 282 g/mol. The minimum absolute atomic E-state index is 0.323. The van der Waals surface area contributed by atoms with Gasteiger partial charge in [0.1, 0.15) is 18.5 Å². The Hall–Kier alpha value is -1.95. The molecule has 0 aliphatic carbocycles. The molecule has 0 spiro atoms. The van der Waals surface area contributed by atoms with Gasteiger partial charge < -0.3 is 19.3 Å². The third-order valence-corrected chi connectivity index (χ3v) is 4.09. The first-order chi connectivity index (χ1) is 10.8. The summed E-state index contributed by atoms with van der Waals surface area (Å²) in [6.07, 6.45) is 2.94. The van der Waals surface area contributed by atoms with Crippen molar-refractivity contribution in [1.82, 2.24) is 4.98 Å². The van der Waals surface area contributed by atoms with E-state index >= 15 is 0 Å². The predicted octanol–water partition coefficient (Wildman–Crippen LogP) is 2.22. The smallest absolute Gasteiger partial charge is 0.124 e. The maximum absolute atomic E-state index is 10.1. The van der Waals surface area contributed by atoms with Crippen LogP contribution in [0.1, 0.15) is 22.8 Å². The number of ether oxygens (including phenoxy) is 3. The van der Waals surface area contributed by atoms with Gasteiger partial charge in [-0.1, -0.05) is 6.07 Å². The molecule has 2 aliphatic heterocycles. The summed E-state index contributed by atoms with van der Waals surface area (Å²) in [6.45, 7) is 2.55. The molecule has 22 heavy (non-hydrogen) atoms. The quantitative estimate of drug-likeness (QED) is 0.875. The second kappa shape index (κ2) is 5.68. The molecule has 1 aromatic carbocycles. The zero-order chi connectivity index (χ0) is 14.9. The monoisotopic (exact) mass is 299 g/mol. The summed E-state index contributed by atoms with van der Waals surface area (Å²) in [6, 6.07) is 6.06. The SMILES string of the molecule is OC1COCc2c(-c3ccc4c(c3)COCCO4)cncc21. The standard InChI is InChI=1S/C17H17NO4/c19-16-10-21-9-15-13(6-18-7-14(15)16)11-1-2-17-12(5-11)8-20-3-4-22-17/h1-2,5-7,16,19H,3-4,8-10H2. The van der Waals surface area contributed by atoms with Crippen molar-refractivity contribution in [3.8, 4) is 16.9 Å². The van der Waals surface area contributed by atoms with Gasteiger partial charge in [0.2, 0.25) is 0 Å². The number of pyridine rings is 1. The topological polar surface area (TPSA) is 60.8 Å². The highest BCUT2D eigenvalue weighted by Gasteiger charge is 2.22. The maximum atomic E-state index is 10.1. The van der Waals surface area contributed by atoms with Gasteiger partial charge in [-0.25, -0.2) is 0 Å². The maximum Gasteiger partial charge on any atom is 0.124 e. The molecule has 114 valence electrons. The van der Waals surface area contributed by atoms with E-state index in [0.29, 0.717) is 33.0 Å². The van der Waals surface area contributed by atoms with E-state index < -0.39 is 6.10 Å². The predicted molar refractivity (Wildman–Crippen MR) is 79.4 cm³/mol. The van der Waals surface area contributed by atoms with E-state index in [1.807, 2.05) is 18.3 Å². The number of aliphatic hydroxyl groups excluding tert-OH is 1. The van der Waals surface area contributed by atoms with Gasteiger partial charge in [0.15, 0.2) is 0 Å². The van der Waals surface area contributed by atoms with Crippen LogP contribution in [-0.2, 0) is 22.7 Å². The van der Waals surface area contributed by atoms with Crippen molar-refractivity contribution in [2.75, 3.05) is 19.8 Å². The van der Waals surface area contributed by atoms with Crippen molar-refractivity contribution in [3.63, 3.8) is 0 Å². The number of aliphatic hydroxyl groups is 1. The normalized spacial score (nSPS) is 20.5. The third kappa shape index (κ3) is 2.37. The fourth-order valence-corrected chi connectivity index (χ4v) is 2.96. The lowest BCUT2D eigenvalue weighted by Crippen LogP contribution is -2.17. The van der Waals surface area contributed by atoms with Crippen molar-refractivity contribution in [2.24, 2.45) is 0 Å². The molecular formula is C17H17NO4. The second-order valence-corrected chi connectivity index (χ2v) is 5.51. The number of hydrogen-bond acceptors (Lipinski definition) is 5. The van der Waals surface area contributed by atoms with Crippen LogP contribution in [0.5, 0.6) is 5.75 Å². The molecule has 1 atom stereocenters. The second-order valence-electron chi connectivity index (χ2n) is 5.51. The minimum atomic E-state index is -0.608. The van der Waals surface area contributed by atoms with Crippen LogP contribution in [0.3, 0.4) is 0 Å². The van der Waals surface area contributed by atoms with E-state index in [-0.39, 0.29) is 0 Å². The van der Waals surface area contributed by atoms with Gasteiger partial charge in [-0.15, -0.1) is 0 Å². The Bertz CT molecular complexity index is 701. The van der Waals surface area contributed by atoms with Gasteiger partial charge in [0.25, 0.3) is 0 Å². The summed E-state index contributed by atoms with van der Waals surface area (Å²) in [5.74, 6) is 0.871. The Balaban J connectivity index is 1.79. The van der Waals surface area contributed by atoms with Crippen molar-refractivity contribution < 1.29 is 19.3 Å². The molecule has 5 nitrogen and oxygen atoms in total. The Kier molecular flexibility index (Phi) is 3.54. The lowest BCUT2D eigenvalue weighted by atomic mass is 9.94. The molecule has 1 N–H and O–H groups in total. The number of hydrogen-bond donors (Lipinski definition) is 1. The average Bonchev–Trinajstić information content (AvgIpc) is 2.79. The van der Waals surface area contributed by atoms with Gasteiger partial charge in [-0.2, -0.15) is 0 Å². The van der Waals surface area contributed by atoms with Crippen LogP contribution < -0.4 is 4.74 Å². The lowest BCUT2D eigenvalue weighted by Gasteiger charge is -2.23. The molecule has 5 heteroatoms. The number of rotatable bonds is 1. The number of aromatic nitrogens is 1. The van der Waals surface area contributed by atoms with Crippen molar-refractivity contribution >= 4 is 0 Å². The highest BCUT2D eigenvalue weighted by Crippen LogP contribution is 2.34. The lowest BCUT2D eigenvalue weighted by molar-refractivity contribution is 0.00981. The van der Waals surface area contributed by atoms with Gasteiger partial charge >= 0.3 is 0 Å². The molecule has 0 saturated carbocycles. The van der Waals surface area contributed by atoms with Crippen molar-refractivity contribution in [2.45, 2.75) is 19.3 Å². The van der Waals surface area contributed by atoms with E-state index in [1.54, 1.807) is 6.20 Å². The number of benzene rings is 1. The Morgan fingerprint density at radius 2 is 2.05 bits per heavy atom. The molecule has 4 rings (SSSR count). The van der Waals surface area contributed by atoms with Gasteiger partial charge in [0, 0.05) is 29.1 Å². The summed E-state index contributed by atoms with van der Waals surface area (Å²) >= 11 is 0. The van der Waals surface area contributed by atoms with E-state index in [2.05, 4.69) is 11.1 Å². The van der Waals surface area contributed by atoms with Crippen LogP contribution in [-0.4, -0.2) is 29.9 Å². The van der Waals surface area contributed by atoms with Gasteiger partial charge in [0.05, 0.1) is 26.4 Å². The van der Waals surface area contributed by atoms with Crippen molar-refractivity contribution in [3.05, 3.63) is 47.3 Å². The summed E-state index contributed by atoms with van der Waals surface area (Å²) in [5, 5.41) is 10.1. The minimum Gasteiger partial charge on any atom is -0.491 e. The molecule has 1 aromatic heterocycles. The van der Waals surface area contributed by atoms with Crippen LogP contribution in [0.4, 0.5) is 0 Å². The average molecular weight is 299 g/mol. The van der Waals surface area contributed by atoms with E-state index in [1.165, 1.54) is 0 Å². The fraction of sp³-hybridized carbons (Fsp3) is 0.353. The Morgan fingerprint density at radius 1 is 1.09 bits per heavy atom. The van der Waals surface area contributed by atoms with Crippen LogP contribution >= 0.6 is 0 Å². The van der Waals surface area contributed by atoms with E-state index in [9.17, 15) is 5.11 Å². The van der Waals surface area contributed by atoms with Crippen LogP contribution in [0, 0.1) is 0 Å². The first kappa shape index (κ1) is 13.7. The largest absolute Gasteiger partial charge is 0.491 e. The molecule has 3 heterocycles. The van der Waals surface area contributed by atoms with Crippen LogP contribution in [0.15, 0.2) is 30.6 Å². The molecule has 0 radical (unpaired) electrons. The third-order valence-electron chi connectivity index (χ3n) is 4.09. The van der Waals surface area contributed by atoms with Gasteiger partial charge in [-0.3, -0.25) is 4.98 Å². The summed E-state index contributed by atoms with van der Waals surface area (Å²) in [5.41, 5.74) is 4.92. The molecule has 2 aliphatic rings. The van der Waals surface area contributed by atoms with Crippen molar-refractivity contribution in [1.29, 1.82) is 0 Å². The molecule has 0 amide bonds. The zero-order valence-electron chi connectivity index (χ0n) is 12.1. The Morgan fingerprint density at radius 3 is 3.00 bits per heavy atom. The zero-order valence-corrected chi connectivity index (χ0v) is 12.1. The number of nitrogens with zero attached hydrogens (tertiary/aromatic N) is 1. The first-order valence-electron chi connectivity index (χ1n) is 7.39. The summed E-state index contributed by atoms with van der Waals surface area (Å²) in [4.78, 5) is 4.28. The molecule has 2 aromatic rings. The number of fused-ring (bicyclic) bond motifs is 2. The Labute approximate surface area is 128 Å². The van der Waals surface area contributed by atoms with E-state index in [0.717, 1.165) is 33.6 Å².